The number of fused-ring (bicyclic) bond motifs is 3. The lowest BCUT2D eigenvalue weighted by Gasteiger charge is -2.29. The zero-order valence-corrected chi connectivity index (χ0v) is 16.4. The summed E-state index contributed by atoms with van der Waals surface area (Å²) in [6, 6.07) is 18.9. The number of pyridine rings is 1. The molecule has 2 amide bonds. The molecule has 1 N–H and O–H groups in total. The minimum Gasteiger partial charge on any atom is -0.306 e. The number of hydrogen-bond acceptors (Lipinski definition) is 3. The number of urea groups is 1. The molecule has 0 saturated heterocycles. The topological polar surface area (TPSA) is 57.6 Å². The van der Waals surface area contributed by atoms with Crippen molar-refractivity contribution in [2.75, 3.05) is 5.32 Å². The van der Waals surface area contributed by atoms with Gasteiger partial charge in [0.25, 0.3) is 0 Å². The zero-order chi connectivity index (χ0) is 19.8. The van der Waals surface area contributed by atoms with Gasteiger partial charge in [-0.25, -0.2) is 9.80 Å². The summed E-state index contributed by atoms with van der Waals surface area (Å²) in [6.45, 7) is 0. The number of nitrogens with zero attached hydrogens (tertiary/aromatic N) is 3. The molecule has 3 aromatic rings. The van der Waals surface area contributed by atoms with E-state index in [9.17, 15) is 4.79 Å². The number of anilines is 1. The third-order valence-corrected chi connectivity index (χ3v) is 5.81. The molecule has 0 saturated carbocycles. The number of carbonyl (C=O) groups is 1. The van der Waals surface area contributed by atoms with E-state index in [1.807, 2.05) is 24.4 Å². The Morgan fingerprint density at radius 2 is 1.90 bits per heavy atom. The molecule has 0 fully saturated rings. The first kappa shape index (κ1) is 17.9. The summed E-state index contributed by atoms with van der Waals surface area (Å²) in [4.78, 5) is 17.5. The number of nitrogens with one attached hydrogen (secondary N) is 1. The average molecular weight is 403 g/mol. The van der Waals surface area contributed by atoms with Crippen LogP contribution in [0.2, 0.25) is 5.02 Å². The summed E-state index contributed by atoms with van der Waals surface area (Å²) in [7, 11) is 0. The van der Waals surface area contributed by atoms with Gasteiger partial charge in [-0.1, -0.05) is 41.9 Å². The monoisotopic (exact) mass is 402 g/mol. The van der Waals surface area contributed by atoms with E-state index in [-0.39, 0.29) is 18.0 Å². The van der Waals surface area contributed by atoms with Gasteiger partial charge in [0.05, 0.1) is 11.8 Å². The van der Waals surface area contributed by atoms with Gasteiger partial charge in [-0.05, 0) is 54.3 Å². The fourth-order valence-electron chi connectivity index (χ4n) is 4.23. The highest BCUT2D eigenvalue weighted by molar-refractivity contribution is 6.30. The lowest BCUT2D eigenvalue weighted by Crippen LogP contribution is -2.34. The van der Waals surface area contributed by atoms with Crippen molar-refractivity contribution in [2.45, 2.75) is 18.9 Å². The van der Waals surface area contributed by atoms with Crippen LogP contribution in [0.1, 0.15) is 29.2 Å². The Kier molecular flexibility index (Phi) is 4.52. The van der Waals surface area contributed by atoms with Crippen molar-refractivity contribution in [3.8, 4) is 0 Å². The van der Waals surface area contributed by atoms with E-state index in [4.69, 9.17) is 16.7 Å². The Morgan fingerprint density at radius 3 is 2.69 bits per heavy atom. The standard InChI is InChI=1S/C23H19ClN4O/c24-17-8-10-18(11-9-17)26-23(29)28-22(16-5-3-13-25-14-16)20-12-7-15-4-1-2-6-19(15)21(20)27-28/h1-6,8-11,13-14,20,22H,7,12H2,(H,26,29)/t20-,22-/m1/s1. The van der Waals surface area contributed by atoms with Crippen molar-refractivity contribution >= 4 is 29.0 Å². The second-order valence-electron chi connectivity index (χ2n) is 7.30. The summed E-state index contributed by atoms with van der Waals surface area (Å²) < 4.78 is 0. The minimum absolute atomic E-state index is 0.144. The number of aryl methyl sites for hydroxylation is 1. The molecule has 2 aliphatic rings. The number of amides is 2. The number of benzene rings is 2. The molecule has 144 valence electrons. The fraction of sp³-hybridized carbons (Fsp3) is 0.174. The first-order chi connectivity index (χ1) is 14.2. The number of hydrogen-bond donors (Lipinski definition) is 1. The molecule has 1 aliphatic carbocycles. The van der Waals surface area contributed by atoms with Crippen LogP contribution in [0.5, 0.6) is 0 Å². The first-order valence-electron chi connectivity index (χ1n) is 9.63. The molecule has 29 heavy (non-hydrogen) atoms. The predicted molar refractivity (Wildman–Crippen MR) is 114 cm³/mol. The van der Waals surface area contributed by atoms with Crippen LogP contribution in [0.15, 0.2) is 78.2 Å². The Hall–Kier alpha value is -3.18. The molecule has 5 rings (SSSR count). The van der Waals surface area contributed by atoms with Gasteiger partial charge in [0, 0.05) is 34.6 Å². The van der Waals surface area contributed by atoms with Crippen molar-refractivity contribution in [2.24, 2.45) is 11.0 Å². The number of rotatable bonds is 2. The third kappa shape index (κ3) is 3.28. The van der Waals surface area contributed by atoms with Gasteiger partial charge in [0.2, 0.25) is 0 Å². The summed E-state index contributed by atoms with van der Waals surface area (Å²) in [5, 5.41) is 9.95. The molecule has 0 bridgehead atoms. The molecule has 1 aromatic heterocycles. The van der Waals surface area contributed by atoms with Crippen LogP contribution < -0.4 is 5.32 Å². The maximum absolute atomic E-state index is 13.2. The SMILES string of the molecule is O=C(Nc1ccc(Cl)cc1)N1N=C2c3ccccc3CC[C@H]2[C@H]1c1cccnc1. The van der Waals surface area contributed by atoms with Crippen LogP contribution in [0, 0.1) is 5.92 Å². The Bertz CT molecular complexity index is 1080. The summed E-state index contributed by atoms with van der Waals surface area (Å²) in [5.74, 6) is 0.144. The van der Waals surface area contributed by atoms with E-state index < -0.39 is 0 Å². The molecule has 1 aliphatic heterocycles. The van der Waals surface area contributed by atoms with Crippen LogP contribution in [0.3, 0.4) is 0 Å². The molecule has 2 atom stereocenters. The summed E-state index contributed by atoms with van der Waals surface area (Å²) >= 11 is 5.96. The molecule has 0 spiro atoms. The molecule has 2 aromatic carbocycles. The van der Waals surface area contributed by atoms with Gasteiger partial charge in [0.1, 0.15) is 0 Å². The summed E-state index contributed by atoms with van der Waals surface area (Å²) in [6.07, 6.45) is 5.49. The second-order valence-corrected chi connectivity index (χ2v) is 7.74. The Labute approximate surface area is 174 Å². The maximum atomic E-state index is 13.2. The van der Waals surface area contributed by atoms with Gasteiger partial charge in [-0.3, -0.25) is 4.98 Å². The molecular formula is C23H19ClN4O. The van der Waals surface area contributed by atoms with Crippen LogP contribution in [-0.2, 0) is 6.42 Å². The van der Waals surface area contributed by atoms with Gasteiger partial charge in [0.15, 0.2) is 0 Å². The van der Waals surface area contributed by atoms with Crippen molar-refractivity contribution in [3.63, 3.8) is 0 Å². The van der Waals surface area contributed by atoms with E-state index in [1.54, 1.807) is 35.5 Å². The number of halogens is 1. The zero-order valence-electron chi connectivity index (χ0n) is 15.6. The van der Waals surface area contributed by atoms with E-state index >= 15 is 0 Å². The highest BCUT2D eigenvalue weighted by Crippen LogP contribution is 2.43. The first-order valence-corrected chi connectivity index (χ1v) is 10.0. The average Bonchev–Trinajstić information content (AvgIpc) is 3.16. The third-order valence-electron chi connectivity index (χ3n) is 5.56. The minimum atomic E-state index is -0.263. The molecule has 6 heteroatoms. The van der Waals surface area contributed by atoms with E-state index in [1.165, 1.54) is 5.56 Å². The summed E-state index contributed by atoms with van der Waals surface area (Å²) in [5.41, 5.74) is 5.07. The van der Waals surface area contributed by atoms with E-state index in [0.29, 0.717) is 10.7 Å². The van der Waals surface area contributed by atoms with Crippen LogP contribution >= 0.6 is 11.6 Å². The van der Waals surface area contributed by atoms with Crippen LogP contribution in [0.4, 0.5) is 10.5 Å². The van der Waals surface area contributed by atoms with Gasteiger partial charge < -0.3 is 5.32 Å². The van der Waals surface area contributed by atoms with Crippen molar-refractivity contribution in [1.82, 2.24) is 9.99 Å². The van der Waals surface area contributed by atoms with Crippen LogP contribution in [-0.4, -0.2) is 21.7 Å². The molecule has 0 unspecified atom stereocenters. The second kappa shape index (κ2) is 7.33. The van der Waals surface area contributed by atoms with E-state index in [0.717, 1.165) is 29.7 Å². The molecule has 5 nitrogen and oxygen atoms in total. The fourth-order valence-corrected chi connectivity index (χ4v) is 4.36. The van der Waals surface area contributed by atoms with Crippen molar-refractivity contribution in [1.29, 1.82) is 0 Å². The van der Waals surface area contributed by atoms with E-state index in [2.05, 4.69) is 28.5 Å². The Morgan fingerprint density at radius 1 is 1.07 bits per heavy atom. The lowest BCUT2D eigenvalue weighted by molar-refractivity contribution is 0.188. The van der Waals surface area contributed by atoms with Crippen molar-refractivity contribution < 1.29 is 4.79 Å². The molecular weight excluding hydrogens is 384 g/mol. The lowest BCUT2D eigenvalue weighted by atomic mass is 9.77. The normalized spacial score (nSPS) is 19.9. The molecule has 2 heterocycles. The van der Waals surface area contributed by atoms with Crippen molar-refractivity contribution in [3.05, 3.63) is 94.8 Å². The number of aromatic nitrogens is 1. The largest absolute Gasteiger partial charge is 0.342 e. The smallest absolute Gasteiger partial charge is 0.306 e. The number of carbonyl (C=O) groups excluding carboxylic acids is 1. The molecule has 0 radical (unpaired) electrons. The van der Waals surface area contributed by atoms with Gasteiger partial charge >= 0.3 is 6.03 Å². The van der Waals surface area contributed by atoms with Gasteiger partial charge in [-0.2, -0.15) is 5.10 Å². The van der Waals surface area contributed by atoms with Crippen LogP contribution in [0.25, 0.3) is 0 Å². The number of hydrazone groups is 1. The van der Waals surface area contributed by atoms with Gasteiger partial charge in [-0.15, -0.1) is 0 Å². The highest BCUT2D eigenvalue weighted by atomic mass is 35.5. The Balaban J connectivity index is 1.53. The predicted octanol–water partition coefficient (Wildman–Crippen LogP) is 5.29. The quantitative estimate of drug-likeness (QED) is 0.633. The highest BCUT2D eigenvalue weighted by Gasteiger charge is 2.44. The maximum Gasteiger partial charge on any atom is 0.342 e.